The van der Waals surface area contributed by atoms with Gasteiger partial charge in [0, 0.05) is 19.2 Å². The number of aromatic nitrogens is 2. The van der Waals surface area contributed by atoms with E-state index >= 15 is 0 Å². The van der Waals surface area contributed by atoms with Crippen LogP contribution in [0.4, 0.5) is 0 Å². The summed E-state index contributed by atoms with van der Waals surface area (Å²) in [6, 6.07) is 11.7. The molecule has 0 unspecified atom stereocenters. The van der Waals surface area contributed by atoms with Crippen molar-refractivity contribution in [3.63, 3.8) is 0 Å². The number of fused-ring (bicyclic) bond motifs is 1. The molecule has 23 heavy (non-hydrogen) atoms. The van der Waals surface area contributed by atoms with Gasteiger partial charge in [0.25, 0.3) is 0 Å². The van der Waals surface area contributed by atoms with Gasteiger partial charge in [0.2, 0.25) is 5.91 Å². The highest BCUT2D eigenvalue weighted by atomic mass is 16.3. The zero-order valence-electron chi connectivity index (χ0n) is 13.0. The smallest absolute Gasteiger partial charge is 0.244 e. The van der Waals surface area contributed by atoms with Gasteiger partial charge >= 0.3 is 0 Å². The monoisotopic (exact) mass is 309 g/mol. The van der Waals surface area contributed by atoms with E-state index in [1.54, 1.807) is 6.08 Å². The van der Waals surface area contributed by atoms with Crippen molar-refractivity contribution in [3.8, 4) is 0 Å². The van der Waals surface area contributed by atoms with E-state index < -0.39 is 0 Å². The Balaban J connectivity index is 1.44. The normalized spacial score (nSPS) is 11.3. The van der Waals surface area contributed by atoms with Gasteiger partial charge in [-0.1, -0.05) is 12.1 Å². The first-order valence-corrected chi connectivity index (χ1v) is 7.64. The van der Waals surface area contributed by atoms with Crippen LogP contribution in [-0.4, -0.2) is 22.0 Å². The molecule has 0 radical (unpaired) electrons. The topological polar surface area (TPSA) is 60.1 Å². The van der Waals surface area contributed by atoms with Gasteiger partial charge in [-0.25, -0.2) is 4.98 Å². The number of nitrogens with one attached hydrogen (secondary N) is 1. The largest absolute Gasteiger partial charge is 0.462 e. The number of furan rings is 1. The van der Waals surface area contributed by atoms with Crippen LogP contribution >= 0.6 is 0 Å². The number of amides is 1. The molecule has 0 aliphatic rings. The highest BCUT2D eigenvalue weighted by molar-refractivity contribution is 5.91. The summed E-state index contributed by atoms with van der Waals surface area (Å²) in [5, 5.41) is 2.87. The van der Waals surface area contributed by atoms with Crippen molar-refractivity contribution in [3.05, 3.63) is 60.3 Å². The number of hydrogen-bond acceptors (Lipinski definition) is 3. The fourth-order valence-corrected chi connectivity index (χ4v) is 2.41. The Morgan fingerprint density at radius 1 is 1.30 bits per heavy atom. The van der Waals surface area contributed by atoms with E-state index in [2.05, 4.69) is 20.9 Å². The van der Waals surface area contributed by atoms with Crippen LogP contribution in [0.1, 0.15) is 17.9 Å². The SMILES string of the molecule is Cc1ccc(/C=C/C(=O)NCCCn2cnc3ccccc32)o1. The summed E-state index contributed by atoms with van der Waals surface area (Å²) < 4.78 is 7.47. The Hall–Kier alpha value is -2.82. The Morgan fingerprint density at radius 2 is 2.17 bits per heavy atom. The second-order valence-corrected chi connectivity index (χ2v) is 5.35. The van der Waals surface area contributed by atoms with Gasteiger partial charge in [0.05, 0.1) is 17.4 Å². The molecule has 1 amide bonds. The molecule has 0 aliphatic carbocycles. The van der Waals surface area contributed by atoms with E-state index in [0.29, 0.717) is 12.3 Å². The van der Waals surface area contributed by atoms with E-state index in [-0.39, 0.29) is 5.91 Å². The Bertz CT molecular complexity index is 830. The van der Waals surface area contributed by atoms with E-state index in [9.17, 15) is 4.79 Å². The number of benzene rings is 1. The third-order valence-corrected chi connectivity index (χ3v) is 3.56. The van der Waals surface area contributed by atoms with Gasteiger partial charge in [-0.15, -0.1) is 0 Å². The Kier molecular flexibility index (Phi) is 4.57. The number of hydrogen-bond donors (Lipinski definition) is 1. The number of carbonyl (C=O) groups is 1. The maximum atomic E-state index is 11.7. The van der Waals surface area contributed by atoms with Crippen LogP contribution < -0.4 is 5.32 Å². The average molecular weight is 309 g/mol. The summed E-state index contributed by atoms with van der Waals surface area (Å²) in [4.78, 5) is 16.1. The molecule has 118 valence electrons. The fourth-order valence-electron chi connectivity index (χ4n) is 2.41. The maximum absolute atomic E-state index is 11.7. The molecule has 0 saturated heterocycles. The summed E-state index contributed by atoms with van der Waals surface area (Å²) in [7, 11) is 0. The predicted octanol–water partition coefficient (Wildman–Crippen LogP) is 3.16. The van der Waals surface area contributed by atoms with Gasteiger partial charge in [-0.3, -0.25) is 4.79 Å². The van der Waals surface area contributed by atoms with Gasteiger partial charge in [0.15, 0.2) is 0 Å². The minimum absolute atomic E-state index is 0.116. The number of imidazole rings is 1. The van der Waals surface area contributed by atoms with Crippen molar-refractivity contribution in [1.82, 2.24) is 14.9 Å². The van der Waals surface area contributed by atoms with Crippen LogP contribution in [0, 0.1) is 6.92 Å². The molecule has 0 atom stereocenters. The van der Waals surface area contributed by atoms with E-state index in [1.165, 1.54) is 6.08 Å². The molecule has 2 aromatic heterocycles. The van der Waals surface area contributed by atoms with Crippen LogP contribution in [0.15, 0.2) is 53.2 Å². The molecule has 0 bridgehead atoms. The first-order valence-electron chi connectivity index (χ1n) is 7.64. The third kappa shape index (κ3) is 3.88. The Morgan fingerprint density at radius 3 is 3.00 bits per heavy atom. The summed E-state index contributed by atoms with van der Waals surface area (Å²) in [6.07, 6.45) is 5.85. The summed E-state index contributed by atoms with van der Waals surface area (Å²) >= 11 is 0. The van der Waals surface area contributed by atoms with Crippen LogP contribution in [-0.2, 0) is 11.3 Å². The summed E-state index contributed by atoms with van der Waals surface area (Å²) in [6.45, 7) is 3.31. The van der Waals surface area contributed by atoms with Crippen LogP contribution in [0.5, 0.6) is 0 Å². The zero-order valence-corrected chi connectivity index (χ0v) is 13.0. The fraction of sp³-hybridized carbons (Fsp3) is 0.222. The summed E-state index contributed by atoms with van der Waals surface area (Å²) in [5.74, 6) is 1.40. The van der Waals surface area contributed by atoms with Crippen molar-refractivity contribution in [2.24, 2.45) is 0 Å². The quantitative estimate of drug-likeness (QED) is 0.562. The van der Waals surface area contributed by atoms with Crippen LogP contribution in [0.2, 0.25) is 0 Å². The number of nitrogens with zero attached hydrogens (tertiary/aromatic N) is 2. The molecule has 5 nitrogen and oxygen atoms in total. The standard InChI is InChI=1S/C18H19N3O2/c1-14-7-8-15(23-14)9-10-18(22)19-11-4-12-21-13-20-16-5-2-3-6-17(16)21/h2-3,5-10,13H,4,11-12H2,1H3,(H,19,22)/b10-9+. The number of carbonyl (C=O) groups excluding carboxylic acids is 1. The molecule has 1 aromatic carbocycles. The minimum atomic E-state index is -0.116. The molecular weight excluding hydrogens is 290 g/mol. The van der Waals surface area contributed by atoms with Crippen molar-refractivity contribution in [1.29, 1.82) is 0 Å². The van der Waals surface area contributed by atoms with E-state index in [0.717, 1.165) is 29.8 Å². The first kappa shape index (κ1) is 15.1. The van der Waals surface area contributed by atoms with Gasteiger partial charge in [0.1, 0.15) is 11.5 Å². The number of para-hydroxylation sites is 2. The third-order valence-electron chi connectivity index (χ3n) is 3.56. The average Bonchev–Trinajstić information content (AvgIpc) is 3.16. The molecule has 0 fully saturated rings. The molecule has 3 aromatic rings. The van der Waals surface area contributed by atoms with E-state index in [4.69, 9.17) is 4.42 Å². The van der Waals surface area contributed by atoms with Gasteiger partial charge < -0.3 is 14.3 Å². The number of aryl methyl sites for hydroxylation is 2. The molecule has 0 aliphatic heterocycles. The molecular formula is C18H19N3O2. The second-order valence-electron chi connectivity index (χ2n) is 5.35. The van der Waals surface area contributed by atoms with Gasteiger partial charge in [-0.2, -0.15) is 0 Å². The Labute approximate surface area is 134 Å². The maximum Gasteiger partial charge on any atom is 0.244 e. The van der Waals surface area contributed by atoms with Crippen molar-refractivity contribution >= 4 is 23.0 Å². The molecule has 0 saturated carbocycles. The minimum Gasteiger partial charge on any atom is -0.462 e. The molecule has 0 spiro atoms. The van der Waals surface area contributed by atoms with Crippen molar-refractivity contribution < 1.29 is 9.21 Å². The highest BCUT2D eigenvalue weighted by Crippen LogP contribution is 2.12. The van der Waals surface area contributed by atoms with Gasteiger partial charge in [-0.05, 0) is 43.7 Å². The zero-order chi connectivity index (χ0) is 16.1. The van der Waals surface area contributed by atoms with E-state index in [1.807, 2.05) is 43.6 Å². The first-order chi connectivity index (χ1) is 11.2. The molecule has 2 heterocycles. The van der Waals surface area contributed by atoms with Crippen molar-refractivity contribution in [2.75, 3.05) is 6.54 Å². The highest BCUT2D eigenvalue weighted by Gasteiger charge is 2.01. The van der Waals surface area contributed by atoms with Crippen LogP contribution in [0.25, 0.3) is 17.1 Å². The lowest BCUT2D eigenvalue weighted by Crippen LogP contribution is -2.23. The lowest BCUT2D eigenvalue weighted by Gasteiger charge is -2.05. The summed E-state index contributed by atoms with van der Waals surface area (Å²) in [5.41, 5.74) is 2.11. The predicted molar refractivity (Wildman–Crippen MR) is 89.8 cm³/mol. The molecule has 1 N–H and O–H groups in total. The lowest BCUT2D eigenvalue weighted by molar-refractivity contribution is -0.116. The van der Waals surface area contributed by atoms with Crippen molar-refractivity contribution in [2.45, 2.75) is 19.9 Å². The molecule has 3 rings (SSSR count). The lowest BCUT2D eigenvalue weighted by atomic mass is 10.3. The number of rotatable bonds is 6. The molecule has 5 heteroatoms. The second kappa shape index (κ2) is 6.96. The van der Waals surface area contributed by atoms with Crippen LogP contribution in [0.3, 0.4) is 0 Å².